The van der Waals surface area contributed by atoms with Crippen LogP contribution in [0.2, 0.25) is 0 Å². The van der Waals surface area contributed by atoms with E-state index in [2.05, 4.69) is 60.3 Å². The molecule has 2 nitrogen and oxygen atoms in total. The van der Waals surface area contributed by atoms with Crippen molar-refractivity contribution < 1.29 is 0 Å². The summed E-state index contributed by atoms with van der Waals surface area (Å²) in [7, 11) is 0. The second-order valence-corrected chi connectivity index (χ2v) is 5.48. The molecule has 1 heterocycles. The summed E-state index contributed by atoms with van der Waals surface area (Å²) in [5, 5.41) is 4.35. The highest BCUT2D eigenvalue weighted by Crippen LogP contribution is 2.31. The van der Waals surface area contributed by atoms with Crippen molar-refractivity contribution in [2.75, 3.05) is 0 Å². The molecular weight excluding hydrogens is 228 g/mol. The molecule has 0 aliphatic carbocycles. The zero-order valence-corrected chi connectivity index (χ0v) is 10.5. The van der Waals surface area contributed by atoms with Crippen LogP contribution in [0.4, 0.5) is 0 Å². The van der Waals surface area contributed by atoms with E-state index in [1.54, 1.807) is 0 Å². The predicted octanol–water partition coefficient (Wildman–Crippen LogP) is 3.52. The zero-order chi connectivity index (χ0) is 10.2. The van der Waals surface area contributed by atoms with Crippen LogP contribution in [0, 0.1) is 0 Å². The summed E-state index contributed by atoms with van der Waals surface area (Å²) in [5.74, 6) is 0. The Morgan fingerprint density at radius 3 is 2.23 bits per heavy atom. The maximum Gasteiger partial charge on any atom is 0.0635 e. The van der Waals surface area contributed by atoms with Gasteiger partial charge in [-0.1, -0.05) is 20.8 Å². The van der Waals surface area contributed by atoms with Gasteiger partial charge < -0.3 is 0 Å². The smallest absolute Gasteiger partial charge is 0.0635 e. The van der Waals surface area contributed by atoms with Crippen LogP contribution in [0.25, 0.3) is 0 Å². The zero-order valence-electron chi connectivity index (χ0n) is 8.93. The molecule has 3 heteroatoms. The molecule has 0 bridgehead atoms. The largest absolute Gasteiger partial charge is 0.265 e. The molecule has 0 unspecified atom stereocenters. The summed E-state index contributed by atoms with van der Waals surface area (Å²) in [5.41, 5.74) is 1.40. The molecular formula is C10H17BrN2. The number of nitrogens with zero attached hydrogens (tertiary/aromatic N) is 2. The van der Waals surface area contributed by atoms with Gasteiger partial charge in [-0.25, -0.2) is 0 Å². The van der Waals surface area contributed by atoms with Gasteiger partial charge in [-0.3, -0.25) is 4.68 Å². The molecule has 0 fully saturated rings. The van der Waals surface area contributed by atoms with Crippen LogP contribution in [0.3, 0.4) is 0 Å². The average Bonchev–Trinajstić information content (AvgIpc) is 2.28. The van der Waals surface area contributed by atoms with Gasteiger partial charge in [-0.05, 0) is 29.8 Å². The van der Waals surface area contributed by atoms with E-state index in [0.29, 0.717) is 6.04 Å². The monoisotopic (exact) mass is 244 g/mol. The lowest BCUT2D eigenvalue weighted by molar-refractivity contribution is 0.445. The van der Waals surface area contributed by atoms with Crippen molar-refractivity contribution in [3.8, 4) is 0 Å². The highest BCUT2D eigenvalue weighted by molar-refractivity contribution is 9.10. The van der Waals surface area contributed by atoms with Crippen molar-refractivity contribution >= 4 is 15.9 Å². The fourth-order valence-corrected chi connectivity index (χ4v) is 2.30. The Morgan fingerprint density at radius 1 is 1.38 bits per heavy atom. The molecule has 0 aromatic carbocycles. The number of aromatic nitrogens is 2. The SMILES string of the molecule is CC(C)n1ncc(Br)c1C(C)(C)C. The normalized spacial score (nSPS) is 12.5. The molecule has 0 saturated carbocycles. The first kappa shape index (κ1) is 10.8. The van der Waals surface area contributed by atoms with Gasteiger partial charge in [0.15, 0.2) is 0 Å². The summed E-state index contributed by atoms with van der Waals surface area (Å²) in [6.07, 6.45) is 1.88. The quantitative estimate of drug-likeness (QED) is 0.740. The second-order valence-electron chi connectivity index (χ2n) is 4.63. The molecule has 0 saturated heterocycles. The van der Waals surface area contributed by atoms with E-state index >= 15 is 0 Å². The van der Waals surface area contributed by atoms with Gasteiger partial charge in [0, 0.05) is 11.5 Å². The van der Waals surface area contributed by atoms with Crippen LogP contribution in [-0.4, -0.2) is 9.78 Å². The third-order valence-corrected chi connectivity index (χ3v) is 2.53. The third-order valence-electron chi connectivity index (χ3n) is 1.95. The first-order valence-electron chi connectivity index (χ1n) is 4.57. The lowest BCUT2D eigenvalue weighted by Crippen LogP contribution is -2.20. The Balaban J connectivity index is 3.25. The maximum absolute atomic E-state index is 4.35. The van der Waals surface area contributed by atoms with Gasteiger partial charge >= 0.3 is 0 Å². The minimum atomic E-state index is 0.138. The van der Waals surface area contributed by atoms with E-state index in [4.69, 9.17) is 0 Å². The van der Waals surface area contributed by atoms with Crippen molar-refractivity contribution in [1.29, 1.82) is 0 Å². The molecule has 0 N–H and O–H groups in total. The van der Waals surface area contributed by atoms with Crippen LogP contribution in [0.15, 0.2) is 10.7 Å². The second kappa shape index (κ2) is 3.45. The number of halogens is 1. The van der Waals surface area contributed by atoms with Gasteiger partial charge in [-0.2, -0.15) is 5.10 Å². The van der Waals surface area contributed by atoms with E-state index in [1.165, 1.54) is 5.69 Å². The molecule has 0 spiro atoms. The molecule has 1 aromatic rings. The molecule has 1 rings (SSSR count). The summed E-state index contributed by atoms with van der Waals surface area (Å²) in [6, 6.07) is 0.417. The minimum absolute atomic E-state index is 0.138. The molecule has 0 amide bonds. The van der Waals surface area contributed by atoms with E-state index in [-0.39, 0.29) is 5.41 Å². The molecule has 0 aliphatic heterocycles. The Kier molecular flexibility index (Phi) is 2.85. The molecule has 74 valence electrons. The summed E-state index contributed by atoms with van der Waals surface area (Å²) >= 11 is 3.54. The van der Waals surface area contributed by atoms with Gasteiger partial charge in [-0.15, -0.1) is 0 Å². The van der Waals surface area contributed by atoms with Crippen molar-refractivity contribution in [2.24, 2.45) is 0 Å². The van der Waals surface area contributed by atoms with Crippen molar-refractivity contribution in [2.45, 2.75) is 46.1 Å². The van der Waals surface area contributed by atoms with Crippen molar-refractivity contribution in [1.82, 2.24) is 9.78 Å². The van der Waals surface area contributed by atoms with E-state index < -0.39 is 0 Å². The summed E-state index contributed by atoms with van der Waals surface area (Å²) in [4.78, 5) is 0. The van der Waals surface area contributed by atoms with Crippen LogP contribution in [0.1, 0.15) is 46.4 Å². The van der Waals surface area contributed by atoms with Gasteiger partial charge in [0.05, 0.1) is 16.4 Å². The van der Waals surface area contributed by atoms with E-state index in [1.807, 2.05) is 6.20 Å². The Bertz CT molecular complexity index is 294. The van der Waals surface area contributed by atoms with Crippen molar-refractivity contribution in [3.63, 3.8) is 0 Å². The summed E-state index contributed by atoms with van der Waals surface area (Å²) < 4.78 is 3.18. The molecule has 0 radical (unpaired) electrons. The van der Waals surface area contributed by atoms with E-state index in [9.17, 15) is 0 Å². The van der Waals surface area contributed by atoms with Gasteiger partial charge in [0.2, 0.25) is 0 Å². The lowest BCUT2D eigenvalue weighted by Gasteiger charge is -2.23. The van der Waals surface area contributed by atoms with Gasteiger partial charge in [0.25, 0.3) is 0 Å². The fraction of sp³-hybridized carbons (Fsp3) is 0.700. The molecule has 0 aliphatic rings. The van der Waals surface area contributed by atoms with Crippen LogP contribution in [-0.2, 0) is 5.41 Å². The number of hydrogen-bond donors (Lipinski definition) is 0. The Labute approximate surface area is 88.5 Å². The highest BCUT2D eigenvalue weighted by atomic mass is 79.9. The molecule has 13 heavy (non-hydrogen) atoms. The topological polar surface area (TPSA) is 17.8 Å². The van der Waals surface area contributed by atoms with Gasteiger partial charge in [0.1, 0.15) is 0 Å². The lowest BCUT2D eigenvalue weighted by atomic mass is 9.92. The number of hydrogen-bond acceptors (Lipinski definition) is 1. The highest BCUT2D eigenvalue weighted by Gasteiger charge is 2.23. The predicted molar refractivity (Wildman–Crippen MR) is 59.0 cm³/mol. The summed E-state index contributed by atoms with van der Waals surface area (Å²) in [6.45, 7) is 10.9. The first-order valence-corrected chi connectivity index (χ1v) is 5.37. The Hall–Kier alpha value is -0.310. The van der Waals surface area contributed by atoms with Crippen LogP contribution in [0.5, 0.6) is 0 Å². The fourth-order valence-electron chi connectivity index (χ4n) is 1.43. The van der Waals surface area contributed by atoms with E-state index in [0.717, 1.165) is 4.47 Å². The Morgan fingerprint density at radius 2 is 1.92 bits per heavy atom. The molecule has 0 atom stereocenters. The minimum Gasteiger partial charge on any atom is -0.265 e. The molecule has 1 aromatic heterocycles. The maximum atomic E-state index is 4.35. The average molecular weight is 245 g/mol. The first-order chi connectivity index (χ1) is 5.84. The number of rotatable bonds is 1. The van der Waals surface area contributed by atoms with Crippen molar-refractivity contribution in [3.05, 3.63) is 16.4 Å². The third kappa shape index (κ3) is 2.13. The van der Waals surface area contributed by atoms with Crippen LogP contribution < -0.4 is 0 Å². The standard InChI is InChI=1S/C10H17BrN2/c1-7(2)13-9(10(3,4)5)8(11)6-12-13/h6-7H,1-5H3. The van der Waals surface area contributed by atoms with Crippen LogP contribution >= 0.6 is 15.9 Å².